The van der Waals surface area contributed by atoms with E-state index in [1.54, 1.807) is 25.1 Å². The van der Waals surface area contributed by atoms with Crippen molar-refractivity contribution in [3.8, 4) is 5.75 Å². The number of nitrogens with one attached hydrogen (secondary N) is 1. The highest BCUT2D eigenvalue weighted by molar-refractivity contribution is 9.10. The van der Waals surface area contributed by atoms with Crippen molar-refractivity contribution < 1.29 is 13.9 Å². The predicted molar refractivity (Wildman–Crippen MR) is 83.4 cm³/mol. The normalized spacial score (nSPS) is 12.3. The molecule has 0 saturated carbocycles. The summed E-state index contributed by atoms with van der Waals surface area (Å²) in [6.07, 6.45) is 0.790. The van der Waals surface area contributed by atoms with Crippen molar-refractivity contribution in [2.75, 3.05) is 0 Å². The minimum atomic E-state index is -0.651. The predicted octanol–water partition coefficient (Wildman–Crippen LogP) is 3.27. The molecule has 0 aliphatic carbocycles. The molecule has 0 radical (unpaired) electrons. The number of hydrogen-bond acceptors (Lipinski definition) is 4. The van der Waals surface area contributed by atoms with Crippen LogP contribution in [0.4, 0.5) is 0 Å². The Morgan fingerprint density at radius 3 is 2.67 bits per heavy atom. The zero-order chi connectivity index (χ0) is 15.2. The van der Waals surface area contributed by atoms with Crippen LogP contribution in [0.5, 0.6) is 5.75 Å². The zero-order valence-corrected chi connectivity index (χ0v) is 13.3. The van der Waals surface area contributed by atoms with Crippen LogP contribution in [0, 0.1) is 6.92 Å². The van der Waals surface area contributed by atoms with Gasteiger partial charge in [0.1, 0.15) is 17.3 Å². The van der Waals surface area contributed by atoms with Crippen molar-refractivity contribution >= 4 is 28.1 Å². The number of hydrogen-bond donors (Lipinski definition) is 1. The van der Waals surface area contributed by atoms with Gasteiger partial charge in [0, 0.05) is 4.47 Å². The smallest absolute Gasteiger partial charge is 0.280 e. The molecule has 110 valence electrons. The van der Waals surface area contributed by atoms with Crippen LogP contribution in [0.1, 0.15) is 18.4 Å². The van der Waals surface area contributed by atoms with E-state index in [0.717, 1.165) is 10.2 Å². The van der Waals surface area contributed by atoms with Crippen LogP contribution in [-0.4, -0.2) is 18.2 Å². The van der Waals surface area contributed by atoms with Crippen molar-refractivity contribution in [3.63, 3.8) is 0 Å². The first kappa shape index (κ1) is 15.3. The van der Waals surface area contributed by atoms with Crippen molar-refractivity contribution in [1.82, 2.24) is 5.43 Å². The summed E-state index contributed by atoms with van der Waals surface area (Å²) in [6.45, 7) is 3.49. The SMILES string of the molecule is Cc1ccc(/C=N\NC(=O)[C@H](C)Oc2ccc(Br)cc2)o1. The molecule has 0 spiro atoms. The Morgan fingerprint density at radius 2 is 2.05 bits per heavy atom. The Kier molecular flexibility index (Phi) is 5.16. The molecule has 0 bridgehead atoms. The Bertz CT molecular complexity index is 635. The van der Waals surface area contributed by atoms with Crippen molar-refractivity contribution in [1.29, 1.82) is 0 Å². The van der Waals surface area contributed by atoms with Crippen LogP contribution in [0.25, 0.3) is 0 Å². The summed E-state index contributed by atoms with van der Waals surface area (Å²) < 4.78 is 11.8. The molecular weight excluding hydrogens is 336 g/mol. The minimum absolute atomic E-state index is 0.336. The van der Waals surface area contributed by atoms with Gasteiger partial charge in [-0.3, -0.25) is 4.79 Å². The van der Waals surface area contributed by atoms with Crippen molar-refractivity contribution in [2.24, 2.45) is 5.10 Å². The quantitative estimate of drug-likeness (QED) is 0.664. The Hall–Kier alpha value is -2.08. The highest BCUT2D eigenvalue weighted by atomic mass is 79.9. The molecule has 2 rings (SSSR count). The Balaban J connectivity index is 1.85. The molecule has 6 heteroatoms. The third-order valence-corrected chi connectivity index (χ3v) is 3.15. The van der Waals surface area contributed by atoms with Crippen molar-refractivity contribution in [2.45, 2.75) is 20.0 Å². The average molecular weight is 351 g/mol. The highest BCUT2D eigenvalue weighted by Gasteiger charge is 2.13. The van der Waals surface area contributed by atoms with Gasteiger partial charge in [-0.05, 0) is 50.2 Å². The highest BCUT2D eigenvalue weighted by Crippen LogP contribution is 2.17. The van der Waals surface area contributed by atoms with E-state index in [2.05, 4.69) is 26.5 Å². The van der Waals surface area contributed by atoms with Gasteiger partial charge in [-0.25, -0.2) is 5.43 Å². The van der Waals surface area contributed by atoms with Crippen LogP contribution in [0.15, 0.2) is 50.4 Å². The molecule has 0 unspecified atom stereocenters. The lowest BCUT2D eigenvalue weighted by molar-refractivity contribution is -0.127. The van der Waals surface area contributed by atoms with E-state index >= 15 is 0 Å². The number of hydrazone groups is 1. The summed E-state index contributed by atoms with van der Waals surface area (Å²) in [5, 5.41) is 3.83. The summed E-state index contributed by atoms with van der Waals surface area (Å²) in [6, 6.07) is 10.8. The van der Waals surface area contributed by atoms with Gasteiger partial charge in [0.2, 0.25) is 0 Å². The van der Waals surface area contributed by atoms with Crippen LogP contribution in [-0.2, 0) is 4.79 Å². The molecule has 0 aliphatic rings. The van der Waals surface area contributed by atoms with Gasteiger partial charge in [0.15, 0.2) is 6.10 Å². The maximum Gasteiger partial charge on any atom is 0.280 e. The van der Waals surface area contributed by atoms with Crippen LogP contribution < -0.4 is 10.2 Å². The van der Waals surface area contributed by atoms with Crippen molar-refractivity contribution in [3.05, 3.63) is 52.4 Å². The molecular formula is C15H15BrN2O3. The molecule has 1 amide bonds. The molecule has 1 heterocycles. The number of rotatable bonds is 5. The maximum absolute atomic E-state index is 11.8. The second kappa shape index (κ2) is 7.08. The first-order valence-electron chi connectivity index (χ1n) is 6.36. The Labute approximate surface area is 131 Å². The second-order valence-electron chi connectivity index (χ2n) is 4.40. The van der Waals surface area contributed by atoms with E-state index in [-0.39, 0.29) is 5.91 Å². The lowest BCUT2D eigenvalue weighted by Crippen LogP contribution is -2.33. The lowest BCUT2D eigenvalue weighted by atomic mass is 10.3. The number of aryl methyl sites for hydroxylation is 1. The molecule has 2 aromatic rings. The van der Waals surface area contributed by atoms with E-state index in [1.165, 1.54) is 6.21 Å². The lowest BCUT2D eigenvalue weighted by Gasteiger charge is -2.12. The number of halogens is 1. The van der Waals surface area contributed by atoms with Gasteiger partial charge in [-0.15, -0.1) is 0 Å². The molecule has 1 atom stereocenters. The number of furan rings is 1. The summed E-state index contributed by atoms with van der Waals surface area (Å²) in [7, 11) is 0. The monoisotopic (exact) mass is 350 g/mol. The molecule has 5 nitrogen and oxygen atoms in total. The van der Waals surface area contributed by atoms with Crippen LogP contribution in [0.2, 0.25) is 0 Å². The number of nitrogens with zero attached hydrogens (tertiary/aromatic N) is 1. The standard InChI is InChI=1S/C15H15BrN2O3/c1-10-3-6-14(20-10)9-17-18-15(19)11(2)21-13-7-4-12(16)5-8-13/h3-9,11H,1-2H3,(H,18,19)/b17-9-/t11-/m0/s1. The van der Waals surface area contributed by atoms with E-state index in [9.17, 15) is 4.79 Å². The van der Waals surface area contributed by atoms with E-state index < -0.39 is 6.10 Å². The molecule has 1 aromatic heterocycles. The largest absolute Gasteiger partial charge is 0.481 e. The van der Waals surface area contributed by atoms with Gasteiger partial charge < -0.3 is 9.15 Å². The molecule has 0 aliphatic heterocycles. The van der Waals surface area contributed by atoms with Gasteiger partial charge >= 0.3 is 0 Å². The third-order valence-electron chi connectivity index (χ3n) is 2.62. The number of benzene rings is 1. The molecule has 0 saturated heterocycles. The molecule has 21 heavy (non-hydrogen) atoms. The van der Waals surface area contributed by atoms with Crippen LogP contribution >= 0.6 is 15.9 Å². The first-order valence-corrected chi connectivity index (χ1v) is 7.15. The average Bonchev–Trinajstić information content (AvgIpc) is 2.87. The third kappa shape index (κ3) is 4.75. The van der Waals surface area contributed by atoms with Gasteiger partial charge in [0.05, 0.1) is 6.21 Å². The van der Waals surface area contributed by atoms with Gasteiger partial charge in [-0.2, -0.15) is 5.10 Å². The van der Waals surface area contributed by atoms with E-state index in [0.29, 0.717) is 11.5 Å². The minimum Gasteiger partial charge on any atom is -0.481 e. The Morgan fingerprint density at radius 1 is 1.33 bits per heavy atom. The van der Waals surface area contributed by atoms with E-state index in [1.807, 2.05) is 25.1 Å². The van der Waals surface area contributed by atoms with Gasteiger partial charge in [0.25, 0.3) is 5.91 Å². The van der Waals surface area contributed by atoms with Gasteiger partial charge in [-0.1, -0.05) is 15.9 Å². The summed E-state index contributed by atoms with van der Waals surface area (Å²) >= 11 is 3.34. The fourth-order valence-corrected chi connectivity index (χ4v) is 1.81. The fraction of sp³-hybridized carbons (Fsp3) is 0.200. The maximum atomic E-state index is 11.8. The summed E-state index contributed by atoms with van der Waals surface area (Å²) in [4.78, 5) is 11.8. The molecule has 1 N–H and O–H groups in total. The zero-order valence-electron chi connectivity index (χ0n) is 11.7. The number of carbonyl (C=O) groups is 1. The van der Waals surface area contributed by atoms with Crippen LogP contribution in [0.3, 0.4) is 0 Å². The topological polar surface area (TPSA) is 63.8 Å². The number of amides is 1. The first-order chi connectivity index (χ1) is 10.0. The number of ether oxygens (including phenoxy) is 1. The second-order valence-corrected chi connectivity index (χ2v) is 5.31. The molecule has 0 fully saturated rings. The fourth-order valence-electron chi connectivity index (χ4n) is 1.54. The molecule has 1 aromatic carbocycles. The summed E-state index contributed by atoms with van der Waals surface area (Å²) in [5.74, 6) is 1.65. The van der Waals surface area contributed by atoms with E-state index in [4.69, 9.17) is 9.15 Å². The summed E-state index contributed by atoms with van der Waals surface area (Å²) in [5.41, 5.74) is 2.41. The number of carbonyl (C=O) groups excluding carboxylic acids is 1.